The fraction of sp³-hybridized carbons (Fsp3) is 0.429. The maximum Gasteiger partial charge on any atom is 0.259 e. The maximum atomic E-state index is 13.1. The number of aromatic nitrogens is 3. The molecule has 0 aliphatic carbocycles. The van der Waals surface area contributed by atoms with Crippen molar-refractivity contribution in [1.82, 2.24) is 19.1 Å². The first-order valence-electron chi connectivity index (χ1n) is 9.56. The molecule has 27 heavy (non-hydrogen) atoms. The fourth-order valence-corrected chi connectivity index (χ4v) is 4.06. The Kier molecular flexibility index (Phi) is 4.88. The first-order valence-corrected chi connectivity index (χ1v) is 9.56. The van der Waals surface area contributed by atoms with E-state index in [1.165, 1.54) is 12.0 Å². The third kappa shape index (κ3) is 3.56. The molecule has 0 unspecified atom stereocenters. The predicted molar refractivity (Wildman–Crippen MR) is 104 cm³/mol. The van der Waals surface area contributed by atoms with Crippen molar-refractivity contribution >= 4 is 11.6 Å². The molecular weight excluding hydrogens is 340 g/mol. The highest BCUT2D eigenvalue weighted by molar-refractivity contribution is 5.99. The summed E-state index contributed by atoms with van der Waals surface area (Å²) in [6, 6.07) is 8.26. The molecule has 0 spiro atoms. The van der Waals surface area contributed by atoms with E-state index < -0.39 is 0 Å². The van der Waals surface area contributed by atoms with Gasteiger partial charge < -0.3 is 14.2 Å². The number of carbonyl (C=O) groups is 1. The summed E-state index contributed by atoms with van der Waals surface area (Å²) in [5.74, 6) is 1.53. The first kappa shape index (κ1) is 17.6. The zero-order valence-electron chi connectivity index (χ0n) is 16.0. The Morgan fingerprint density at radius 3 is 3.07 bits per heavy atom. The number of benzene rings is 1. The number of methoxy groups -OCH3 is 1. The van der Waals surface area contributed by atoms with Crippen molar-refractivity contribution in [3.63, 3.8) is 0 Å². The smallest absolute Gasteiger partial charge is 0.259 e. The van der Waals surface area contributed by atoms with Crippen molar-refractivity contribution in [2.24, 2.45) is 13.0 Å². The van der Waals surface area contributed by atoms with Crippen molar-refractivity contribution < 1.29 is 9.53 Å². The van der Waals surface area contributed by atoms with Crippen LogP contribution in [0.15, 0.2) is 42.9 Å². The highest BCUT2D eigenvalue weighted by atomic mass is 16.5. The van der Waals surface area contributed by atoms with Crippen LogP contribution >= 0.6 is 0 Å². The largest absolute Gasteiger partial charge is 0.497 e. The Hall–Kier alpha value is -2.76. The number of carbonyl (C=O) groups excluding carboxylic acids is 1. The third-order valence-electron chi connectivity index (χ3n) is 5.55. The van der Waals surface area contributed by atoms with Crippen LogP contribution in [0.25, 0.3) is 5.65 Å². The van der Waals surface area contributed by atoms with Crippen LogP contribution in [0.2, 0.25) is 0 Å². The molecule has 1 aliphatic rings. The van der Waals surface area contributed by atoms with Gasteiger partial charge in [-0.25, -0.2) is 4.52 Å². The molecule has 3 aromatic rings. The van der Waals surface area contributed by atoms with E-state index in [1.54, 1.807) is 17.8 Å². The van der Waals surface area contributed by atoms with E-state index >= 15 is 0 Å². The number of piperidine rings is 1. The monoisotopic (exact) mass is 366 g/mol. The van der Waals surface area contributed by atoms with Gasteiger partial charge in [-0.3, -0.25) is 4.79 Å². The van der Waals surface area contributed by atoms with Gasteiger partial charge >= 0.3 is 0 Å². The molecule has 6 heteroatoms. The molecule has 1 aromatic carbocycles. The summed E-state index contributed by atoms with van der Waals surface area (Å²) in [7, 11) is 3.64. The zero-order valence-corrected chi connectivity index (χ0v) is 16.0. The minimum atomic E-state index is 0.0953. The Balaban J connectivity index is 1.41. The topological polar surface area (TPSA) is 51.8 Å². The number of aryl methyl sites for hydroxylation is 2. The average Bonchev–Trinajstić information content (AvgIpc) is 3.29. The van der Waals surface area contributed by atoms with Gasteiger partial charge in [0.25, 0.3) is 5.91 Å². The molecule has 1 atom stereocenters. The van der Waals surface area contributed by atoms with E-state index in [9.17, 15) is 4.79 Å². The number of amides is 1. The number of hydrogen-bond acceptors (Lipinski definition) is 3. The predicted octanol–water partition coefficient (Wildman–Crippen LogP) is 3.17. The highest BCUT2D eigenvalue weighted by Gasteiger charge is 2.27. The number of rotatable bonds is 5. The summed E-state index contributed by atoms with van der Waals surface area (Å²) in [5, 5.41) is 4.30. The van der Waals surface area contributed by atoms with Crippen LogP contribution in [0.4, 0.5) is 0 Å². The van der Waals surface area contributed by atoms with Crippen LogP contribution < -0.4 is 4.74 Å². The lowest BCUT2D eigenvalue weighted by atomic mass is 9.91. The van der Waals surface area contributed by atoms with Gasteiger partial charge in [0.05, 0.1) is 13.3 Å². The SMILES string of the molecule is COc1cccc(CC[C@@H]2CCCN(C(=O)c3cnn4ccn(C)c34)C2)c1. The minimum Gasteiger partial charge on any atom is -0.497 e. The summed E-state index contributed by atoms with van der Waals surface area (Å²) in [4.78, 5) is 15.1. The molecule has 142 valence electrons. The number of imidazole rings is 1. The third-order valence-corrected chi connectivity index (χ3v) is 5.55. The Bertz CT molecular complexity index is 943. The summed E-state index contributed by atoms with van der Waals surface area (Å²) in [5.41, 5.74) is 2.84. The van der Waals surface area contributed by atoms with Crippen LogP contribution in [0.3, 0.4) is 0 Å². The van der Waals surface area contributed by atoms with Gasteiger partial charge in [-0.2, -0.15) is 5.10 Å². The van der Waals surface area contributed by atoms with E-state index in [-0.39, 0.29) is 5.91 Å². The van der Waals surface area contributed by atoms with Gasteiger partial charge in [0, 0.05) is 32.5 Å². The van der Waals surface area contributed by atoms with Gasteiger partial charge in [-0.15, -0.1) is 0 Å². The molecule has 3 heterocycles. The van der Waals surface area contributed by atoms with Crippen LogP contribution in [0.1, 0.15) is 35.2 Å². The number of fused-ring (bicyclic) bond motifs is 1. The molecule has 1 fully saturated rings. The summed E-state index contributed by atoms with van der Waals surface area (Å²) < 4.78 is 9.02. The number of hydrogen-bond donors (Lipinski definition) is 0. The van der Waals surface area contributed by atoms with Gasteiger partial charge in [0.2, 0.25) is 0 Å². The lowest BCUT2D eigenvalue weighted by Crippen LogP contribution is -2.40. The van der Waals surface area contributed by atoms with Crippen LogP contribution in [-0.2, 0) is 13.5 Å². The molecule has 0 radical (unpaired) electrons. The van der Waals surface area contributed by atoms with Crippen molar-refractivity contribution in [2.45, 2.75) is 25.7 Å². The second-order valence-electron chi connectivity index (χ2n) is 7.39. The number of nitrogens with zero attached hydrogens (tertiary/aromatic N) is 4. The van der Waals surface area contributed by atoms with Crippen LogP contribution in [0, 0.1) is 5.92 Å². The van der Waals surface area contributed by atoms with Crippen molar-refractivity contribution in [3.05, 3.63) is 54.0 Å². The molecule has 0 saturated carbocycles. The normalized spacial score (nSPS) is 17.4. The van der Waals surface area contributed by atoms with Gasteiger partial charge in [0.15, 0.2) is 0 Å². The van der Waals surface area contributed by atoms with Gasteiger partial charge in [-0.1, -0.05) is 12.1 Å². The fourth-order valence-electron chi connectivity index (χ4n) is 4.06. The number of ether oxygens (including phenoxy) is 1. The van der Waals surface area contributed by atoms with Crippen molar-refractivity contribution in [1.29, 1.82) is 0 Å². The summed E-state index contributed by atoms with van der Waals surface area (Å²) in [6.07, 6.45) is 9.83. The van der Waals surface area contributed by atoms with E-state index in [4.69, 9.17) is 4.74 Å². The first-order chi connectivity index (χ1) is 13.2. The zero-order chi connectivity index (χ0) is 18.8. The molecule has 2 aromatic heterocycles. The quantitative estimate of drug-likeness (QED) is 0.697. The van der Waals surface area contributed by atoms with Gasteiger partial charge in [-0.05, 0) is 49.3 Å². The summed E-state index contributed by atoms with van der Waals surface area (Å²) in [6.45, 7) is 1.65. The number of likely N-dealkylation sites (tertiary alicyclic amines) is 1. The molecule has 1 saturated heterocycles. The second-order valence-corrected chi connectivity index (χ2v) is 7.39. The Morgan fingerprint density at radius 1 is 1.33 bits per heavy atom. The molecule has 0 bridgehead atoms. The lowest BCUT2D eigenvalue weighted by molar-refractivity contribution is 0.0670. The summed E-state index contributed by atoms with van der Waals surface area (Å²) >= 11 is 0. The van der Waals surface area contributed by atoms with Gasteiger partial charge in [0.1, 0.15) is 17.0 Å². The van der Waals surface area contributed by atoms with Crippen LogP contribution in [0.5, 0.6) is 5.75 Å². The molecule has 4 rings (SSSR count). The minimum absolute atomic E-state index is 0.0953. The van der Waals surface area contributed by atoms with Crippen molar-refractivity contribution in [2.75, 3.05) is 20.2 Å². The molecule has 0 N–H and O–H groups in total. The Labute approximate surface area is 159 Å². The molecular formula is C21H26N4O2. The van der Waals surface area contributed by atoms with E-state index in [0.717, 1.165) is 43.7 Å². The van der Waals surface area contributed by atoms with E-state index in [1.807, 2.05) is 41.0 Å². The average molecular weight is 366 g/mol. The van der Waals surface area contributed by atoms with Crippen molar-refractivity contribution in [3.8, 4) is 5.75 Å². The molecule has 1 amide bonds. The highest BCUT2D eigenvalue weighted by Crippen LogP contribution is 2.25. The second kappa shape index (κ2) is 7.47. The lowest BCUT2D eigenvalue weighted by Gasteiger charge is -2.32. The van der Waals surface area contributed by atoms with Crippen LogP contribution in [-0.4, -0.2) is 45.2 Å². The van der Waals surface area contributed by atoms with E-state index in [2.05, 4.69) is 17.2 Å². The molecule has 1 aliphatic heterocycles. The molecule has 6 nitrogen and oxygen atoms in total. The van der Waals surface area contributed by atoms with E-state index in [0.29, 0.717) is 11.5 Å². The Morgan fingerprint density at radius 2 is 2.22 bits per heavy atom. The standard InChI is InChI=1S/C21H26N4O2/c1-23-11-12-25-20(23)19(14-22-25)21(26)24-10-4-6-17(15-24)9-8-16-5-3-7-18(13-16)27-2/h3,5,7,11-14,17H,4,6,8-10,15H2,1-2H3/t17-/m0/s1. The maximum absolute atomic E-state index is 13.1.